The van der Waals surface area contributed by atoms with Crippen LogP contribution in [0.5, 0.6) is 0 Å². The first-order valence-electron chi connectivity index (χ1n) is 10.7. The second kappa shape index (κ2) is 7.93. The Morgan fingerprint density at radius 2 is 1.74 bits per heavy atom. The van der Waals surface area contributed by atoms with Gasteiger partial charge in [-0.1, -0.05) is 42.5 Å². The van der Waals surface area contributed by atoms with Crippen LogP contribution >= 0.6 is 0 Å². The Hall–Kier alpha value is -3.57. The number of nitrogens with one attached hydrogen (secondary N) is 2. The average molecular weight is 412 g/mol. The Balaban J connectivity index is 1.40. The Morgan fingerprint density at radius 1 is 1.00 bits per heavy atom. The van der Waals surface area contributed by atoms with Crippen molar-refractivity contribution in [2.24, 2.45) is 0 Å². The van der Waals surface area contributed by atoms with Crippen LogP contribution in [-0.2, 0) is 24.3 Å². The highest BCUT2D eigenvalue weighted by Crippen LogP contribution is 2.29. The van der Waals surface area contributed by atoms with Crippen LogP contribution in [0.2, 0.25) is 0 Å². The lowest BCUT2D eigenvalue weighted by Gasteiger charge is -2.14. The number of carbonyl (C=O) groups is 1. The normalized spacial score (nSPS) is 12.7. The maximum atomic E-state index is 11.9. The molecule has 5 heteroatoms. The summed E-state index contributed by atoms with van der Waals surface area (Å²) in [6.45, 7) is 3.57. The van der Waals surface area contributed by atoms with Crippen LogP contribution in [0.25, 0.3) is 32.7 Å². The van der Waals surface area contributed by atoms with Gasteiger partial charge in [0.05, 0.1) is 0 Å². The third-order valence-electron chi connectivity index (χ3n) is 6.10. The van der Waals surface area contributed by atoms with E-state index in [0.29, 0.717) is 13.0 Å². The fraction of sp³-hybridized carbons (Fsp3) is 0.192. The molecule has 1 atom stereocenters. The molecule has 0 amide bonds. The van der Waals surface area contributed by atoms with Gasteiger partial charge < -0.3 is 20.0 Å². The molecule has 0 bridgehead atoms. The molecule has 2 heterocycles. The second-order valence-corrected chi connectivity index (χ2v) is 7.95. The third-order valence-corrected chi connectivity index (χ3v) is 6.10. The molecule has 0 aliphatic carbocycles. The van der Waals surface area contributed by atoms with Gasteiger partial charge in [0.25, 0.3) is 0 Å². The minimum absolute atomic E-state index is 0.427. The van der Waals surface area contributed by atoms with Crippen LogP contribution < -0.4 is 5.32 Å². The number of H-pyrrole nitrogens is 1. The third kappa shape index (κ3) is 3.47. The molecule has 0 saturated carbocycles. The zero-order chi connectivity index (χ0) is 21.4. The first-order chi connectivity index (χ1) is 15.2. The number of rotatable bonds is 7. The van der Waals surface area contributed by atoms with E-state index >= 15 is 0 Å². The number of aromatic amines is 1. The quantitative estimate of drug-likeness (QED) is 0.350. The molecule has 0 unspecified atom stereocenters. The predicted molar refractivity (Wildman–Crippen MR) is 125 cm³/mol. The van der Waals surface area contributed by atoms with Crippen molar-refractivity contribution in [2.75, 3.05) is 0 Å². The number of hydrogen-bond donors (Lipinski definition) is 3. The van der Waals surface area contributed by atoms with Crippen LogP contribution in [0.4, 0.5) is 0 Å². The van der Waals surface area contributed by atoms with Gasteiger partial charge >= 0.3 is 5.97 Å². The molecular weight excluding hydrogens is 386 g/mol. The van der Waals surface area contributed by atoms with E-state index in [1.807, 2.05) is 30.5 Å². The largest absolute Gasteiger partial charge is 0.480 e. The minimum atomic E-state index is -0.839. The lowest BCUT2D eigenvalue weighted by molar-refractivity contribution is -0.139. The molecule has 2 aromatic heterocycles. The van der Waals surface area contributed by atoms with E-state index < -0.39 is 12.0 Å². The summed E-state index contributed by atoms with van der Waals surface area (Å²) in [6.07, 6.45) is 2.34. The van der Waals surface area contributed by atoms with Crippen molar-refractivity contribution in [1.29, 1.82) is 0 Å². The molecule has 5 rings (SSSR count). The number of para-hydroxylation sites is 2. The number of aliphatic carboxylic acids is 1. The van der Waals surface area contributed by atoms with E-state index in [9.17, 15) is 9.90 Å². The van der Waals surface area contributed by atoms with Gasteiger partial charge in [0.2, 0.25) is 0 Å². The highest BCUT2D eigenvalue weighted by molar-refractivity contribution is 6.08. The maximum absolute atomic E-state index is 11.9. The molecule has 5 aromatic rings. The molecule has 0 spiro atoms. The van der Waals surface area contributed by atoms with Gasteiger partial charge in [0.1, 0.15) is 6.04 Å². The highest BCUT2D eigenvalue weighted by Gasteiger charge is 2.19. The molecular formula is C26H25N3O2. The van der Waals surface area contributed by atoms with Gasteiger partial charge in [-0.25, -0.2) is 0 Å². The van der Waals surface area contributed by atoms with Gasteiger partial charge in [-0.2, -0.15) is 0 Å². The van der Waals surface area contributed by atoms with Gasteiger partial charge in [0, 0.05) is 58.4 Å². The topological polar surface area (TPSA) is 70.0 Å². The summed E-state index contributed by atoms with van der Waals surface area (Å²) in [7, 11) is 0. The monoisotopic (exact) mass is 411 g/mol. The zero-order valence-corrected chi connectivity index (χ0v) is 17.4. The minimum Gasteiger partial charge on any atom is -0.480 e. The van der Waals surface area contributed by atoms with Crippen LogP contribution in [-0.4, -0.2) is 26.7 Å². The molecule has 0 saturated heterocycles. The van der Waals surface area contributed by atoms with Gasteiger partial charge in [0.15, 0.2) is 0 Å². The fourth-order valence-corrected chi connectivity index (χ4v) is 4.56. The summed E-state index contributed by atoms with van der Waals surface area (Å²) in [6, 6.07) is 22.2. The van der Waals surface area contributed by atoms with Crippen LogP contribution in [0.15, 0.2) is 72.9 Å². The molecule has 5 nitrogen and oxygen atoms in total. The SMILES string of the molecule is CCn1c2ccccc2c2cc(CN[C@H](Cc3c[nH]c4ccccc34)C(=O)O)ccc21. The lowest BCUT2D eigenvalue weighted by atomic mass is 10.0. The van der Waals surface area contributed by atoms with E-state index in [1.54, 1.807) is 0 Å². The fourth-order valence-electron chi connectivity index (χ4n) is 4.56. The predicted octanol–water partition coefficient (Wildman–Crippen LogP) is 5.08. The van der Waals surface area contributed by atoms with E-state index in [4.69, 9.17) is 0 Å². The van der Waals surface area contributed by atoms with Gasteiger partial charge in [-0.3, -0.25) is 4.79 Å². The van der Waals surface area contributed by atoms with Crippen LogP contribution in [0.1, 0.15) is 18.1 Å². The summed E-state index contributed by atoms with van der Waals surface area (Å²) in [5.74, 6) is -0.839. The number of carboxylic acid groups (broad SMARTS) is 1. The average Bonchev–Trinajstić information content (AvgIpc) is 3.34. The Kier molecular flexibility index (Phi) is 4.96. The summed E-state index contributed by atoms with van der Waals surface area (Å²) in [5, 5.41) is 16.6. The van der Waals surface area contributed by atoms with Gasteiger partial charge in [-0.05, 0) is 42.3 Å². The smallest absolute Gasteiger partial charge is 0.321 e. The number of aryl methyl sites for hydroxylation is 1. The van der Waals surface area contributed by atoms with Gasteiger partial charge in [-0.15, -0.1) is 0 Å². The first kappa shape index (κ1) is 19.4. The maximum Gasteiger partial charge on any atom is 0.321 e. The van der Waals surface area contributed by atoms with Crippen molar-refractivity contribution in [2.45, 2.75) is 32.5 Å². The van der Waals surface area contributed by atoms with Crippen molar-refractivity contribution in [1.82, 2.24) is 14.9 Å². The number of carboxylic acids is 1. The van der Waals surface area contributed by atoms with Crippen molar-refractivity contribution in [3.8, 4) is 0 Å². The van der Waals surface area contributed by atoms with Crippen LogP contribution in [0.3, 0.4) is 0 Å². The van der Waals surface area contributed by atoms with Crippen LogP contribution in [0, 0.1) is 0 Å². The van der Waals surface area contributed by atoms with E-state index in [0.717, 1.165) is 28.6 Å². The second-order valence-electron chi connectivity index (χ2n) is 7.95. The molecule has 0 fully saturated rings. The standard InChI is InChI=1S/C26H25N3O2/c1-2-29-24-10-6-4-8-20(24)21-13-17(11-12-25(21)29)15-27-23(26(30)31)14-18-16-28-22-9-5-3-7-19(18)22/h3-13,16,23,27-28H,2,14-15H2,1H3,(H,30,31)/t23-/m1/s1. The Morgan fingerprint density at radius 3 is 2.55 bits per heavy atom. The molecule has 0 aliphatic rings. The number of aromatic nitrogens is 2. The van der Waals surface area contributed by atoms with Crippen molar-refractivity contribution >= 4 is 38.7 Å². The molecule has 3 N–H and O–H groups in total. The van der Waals surface area contributed by atoms with Crippen molar-refractivity contribution < 1.29 is 9.90 Å². The first-order valence-corrected chi connectivity index (χ1v) is 10.7. The summed E-state index contributed by atoms with van der Waals surface area (Å²) < 4.78 is 2.32. The molecule has 0 aliphatic heterocycles. The van der Waals surface area contributed by atoms with E-state index in [-0.39, 0.29) is 0 Å². The summed E-state index contributed by atoms with van der Waals surface area (Å²) in [5.41, 5.74) is 5.56. The number of hydrogen-bond acceptors (Lipinski definition) is 2. The van der Waals surface area contributed by atoms with Crippen molar-refractivity contribution in [3.05, 3.63) is 84.1 Å². The number of benzene rings is 3. The molecule has 31 heavy (non-hydrogen) atoms. The van der Waals surface area contributed by atoms with E-state index in [2.05, 4.69) is 64.3 Å². The highest BCUT2D eigenvalue weighted by atomic mass is 16.4. The Labute approximate surface area is 180 Å². The number of nitrogens with zero attached hydrogens (tertiary/aromatic N) is 1. The Bertz CT molecular complexity index is 1400. The molecule has 0 radical (unpaired) electrons. The lowest BCUT2D eigenvalue weighted by Crippen LogP contribution is -2.38. The summed E-state index contributed by atoms with van der Waals surface area (Å²) in [4.78, 5) is 15.2. The zero-order valence-electron chi connectivity index (χ0n) is 17.4. The molecule has 156 valence electrons. The number of fused-ring (bicyclic) bond motifs is 4. The summed E-state index contributed by atoms with van der Waals surface area (Å²) >= 11 is 0. The van der Waals surface area contributed by atoms with E-state index in [1.165, 1.54) is 21.8 Å². The van der Waals surface area contributed by atoms with Crippen molar-refractivity contribution in [3.63, 3.8) is 0 Å². The molecule has 3 aromatic carbocycles.